The first-order valence-electron chi connectivity index (χ1n) is 11.2. The van der Waals surface area contributed by atoms with Gasteiger partial charge in [-0.05, 0) is 84.9 Å². The van der Waals surface area contributed by atoms with Crippen LogP contribution in [0, 0.1) is 35.0 Å². The van der Waals surface area contributed by atoms with Gasteiger partial charge in [0.25, 0.3) is 0 Å². The number of methoxy groups -OCH3 is 1. The third-order valence-corrected chi connectivity index (χ3v) is 8.61. The number of ether oxygens (including phenoxy) is 1. The third-order valence-electron chi connectivity index (χ3n) is 8.28. The van der Waals surface area contributed by atoms with Gasteiger partial charge in [-0.3, -0.25) is 0 Å². The van der Waals surface area contributed by atoms with Gasteiger partial charge in [0.1, 0.15) is 5.75 Å². The largest absolute Gasteiger partial charge is 0.497 e. The predicted molar refractivity (Wildman–Crippen MR) is 129 cm³/mol. The van der Waals surface area contributed by atoms with Crippen LogP contribution in [0.25, 0.3) is 11.1 Å². The SMILES string of the molecule is COc1ccc2c(c1)CC[C@]1(C#N)C2=C(c2ccc(C)cc2)C[C@]2(C)[C@@H](OP)CC[C@H]21.[3HH]. The highest BCUT2D eigenvalue weighted by Gasteiger charge is 2.62. The summed E-state index contributed by atoms with van der Waals surface area (Å²) in [5.41, 5.74) is 7.07. The van der Waals surface area contributed by atoms with Gasteiger partial charge >= 0.3 is 0 Å². The molecule has 3 aliphatic rings. The molecule has 0 saturated heterocycles. The molecule has 5 rings (SSSR count). The zero-order valence-corrected chi connectivity index (χ0v) is 19.7. The minimum absolute atomic E-state index is 0. The van der Waals surface area contributed by atoms with Gasteiger partial charge in [-0.25, -0.2) is 0 Å². The summed E-state index contributed by atoms with van der Waals surface area (Å²) in [5, 5.41) is 10.8. The maximum atomic E-state index is 10.8. The van der Waals surface area contributed by atoms with E-state index in [-0.39, 0.29) is 12.9 Å². The van der Waals surface area contributed by atoms with E-state index in [1.807, 2.05) is 6.07 Å². The van der Waals surface area contributed by atoms with Gasteiger partial charge in [-0.1, -0.05) is 42.8 Å². The number of allylic oxidation sites excluding steroid dienone is 2. The van der Waals surface area contributed by atoms with Gasteiger partial charge in [0, 0.05) is 16.3 Å². The molecule has 5 atom stereocenters. The van der Waals surface area contributed by atoms with E-state index in [2.05, 4.69) is 65.8 Å². The van der Waals surface area contributed by atoms with E-state index in [0.29, 0.717) is 5.92 Å². The van der Waals surface area contributed by atoms with E-state index in [4.69, 9.17) is 9.26 Å². The summed E-state index contributed by atoms with van der Waals surface area (Å²) >= 11 is 0. The Morgan fingerprint density at radius 3 is 2.61 bits per heavy atom. The monoisotopic (exact) mass is 435 g/mol. The summed E-state index contributed by atoms with van der Waals surface area (Å²) in [6.07, 6.45) is 4.91. The van der Waals surface area contributed by atoms with Gasteiger partial charge in [0.05, 0.1) is 24.7 Å². The van der Waals surface area contributed by atoms with Crippen molar-refractivity contribution in [2.75, 3.05) is 7.11 Å². The molecule has 0 heterocycles. The Balaban J connectivity index is 0.00000245. The van der Waals surface area contributed by atoms with Crippen molar-refractivity contribution in [3.05, 3.63) is 64.7 Å². The first-order chi connectivity index (χ1) is 15.0. The molecule has 0 N–H and O–H groups in total. The lowest BCUT2D eigenvalue weighted by Gasteiger charge is -2.52. The van der Waals surface area contributed by atoms with E-state index in [0.717, 1.165) is 37.9 Å². The summed E-state index contributed by atoms with van der Waals surface area (Å²) in [5.74, 6) is 1.19. The van der Waals surface area contributed by atoms with Crippen LogP contribution in [-0.2, 0) is 10.9 Å². The summed E-state index contributed by atoms with van der Waals surface area (Å²) in [6.45, 7) is 4.48. The van der Waals surface area contributed by atoms with E-state index < -0.39 is 5.41 Å². The minimum atomic E-state index is -0.479. The lowest BCUT2D eigenvalue weighted by molar-refractivity contribution is 0.0406. The number of rotatable bonds is 3. The molecule has 0 amide bonds. The van der Waals surface area contributed by atoms with Crippen LogP contribution in [-0.4, -0.2) is 13.2 Å². The number of benzene rings is 2. The van der Waals surface area contributed by atoms with Crippen LogP contribution in [0.15, 0.2) is 42.5 Å². The van der Waals surface area contributed by atoms with Crippen molar-refractivity contribution in [2.45, 2.75) is 52.1 Å². The highest BCUT2D eigenvalue weighted by atomic mass is 31.0. The molecule has 0 aliphatic heterocycles. The first kappa shape index (κ1) is 20.7. The lowest BCUT2D eigenvalue weighted by atomic mass is 9.49. The highest BCUT2D eigenvalue weighted by Crippen LogP contribution is 2.68. The second kappa shape index (κ2) is 7.47. The highest BCUT2D eigenvalue weighted by molar-refractivity contribution is 7.09. The van der Waals surface area contributed by atoms with Crippen LogP contribution in [0.5, 0.6) is 5.75 Å². The first-order valence-corrected chi connectivity index (χ1v) is 11.7. The molecule has 162 valence electrons. The number of nitrogens with zero attached hydrogens (tertiary/aromatic N) is 1. The van der Waals surface area contributed by atoms with Crippen molar-refractivity contribution in [2.24, 2.45) is 16.7 Å². The minimum Gasteiger partial charge on any atom is -0.497 e. The Hall–Kier alpha value is -2.14. The molecule has 1 fully saturated rings. The number of hydrogen-bond donors (Lipinski definition) is 0. The molecule has 0 spiro atoms. The predicted octanol–water partition coefficient (Wildman–Crippen LogP) is 6.61. The Bertz CT molecular complexity index is 1110. The van der Waals surface area contributed by atoms with Gasteiger partial charge in [-0.15, -0.1) is 0 Å². The smallest absolute Gasteiger partial charge is 0.119 e. The van der Waals surface area contributed by atoms with Crippen LogP contribution in [0.1, 0.15) is 56.3 Å². The lowest BCUT2D eigenvalue weighted by Crippen LogP contribution is -2.47. The second-order valence-electron chi connectivity index (χ2n) is 9.76. The molecule has 0 radical (unpaired) electrons. The van der Waals surface area contributed by atoms with Crippen molar-refractivity contribution >= 4 is 20.6 Å². The molecule has 3 nitrogen and oxygen atoms in total. The Morgan fingerprint density at radius 1 is 1.16 bits per heavy atom. The summed E-state index contributed by atoms with van der Waals surface area (Å²) in [6, 6.07) is 18.1. The fourth-order valence-corrected chi connectivity index (χ4v) is 7.20. The standard InChI is InChI=1S/C27H30NO2P.H2/c1-17-4-6-18(7-5-17)22-15-26(2)23(10-11-24(26)30-31)27(16-28)13-12-19-14-20(29-3)8-9-21(19)25(22)27;/h4-9,14,23-24H,10-13,15,31H2,1-3H3;1H/t23-,24+,26+,27-;/m1./s1/i;1+2. The van der Waals surface area contributed by atoms with Crippen molar-refractivity contribution in [1.82, 2.24) is 0 Å². The van der Waals surface area contributed by atoms with Gasteiger partial charge < -0.3 is 9.26 Å². The van der Waals surface area contributed by atoms with Crippen molar-refractivity contribution in [3.63, 3.8) is 0 Å². The number of aryl methyl sites for hydroxylation is 2. The zero-order valence-electron chi connectivity index (χ0n) is 18.6. The van der Waals surface area contributed by atoms with Gasteiger partial charge in [-0.2, -0.15) is 5.26 Å². The molecule has 2 aromatic carbocycles. The van der Waals surface area contributed by atoms with Crippen LogP contribution < -0.4 is 4.74 Å². The van der Waals surface area contributed by atoms with Crippen LogP contribution in [0.3, 0.4) is 0 Å². The summed E-state index contributed by atoms with van der Waals surface area (Å²) in [4.78, 5) is 0. The number of fused-ring (bicyclic) bond motifs is 5. The molecule has 1 unspecified atom stereocenters. The maximum Gasteiger partial charge on any atom is 0.119 e. The van der Waals surface area contributed by atoms with Crippen LogP contribution in [0.4, 0.5) is 0 Å². The number of hydrogen-bond acceptors (Lipinski definition) is 3. The van der Waals surface area contributed by atoms with E-state index in [1.54, 1.807) is 7.11 Å². The Morgan fingerprint density at radius 2 is 1.94 bits per heavy atom. The van der Waals surface area contributed by atoms with Crippen molar-refractivity contribution < 1.29 is 10.7 Å². The molecule has 1 saturated carbocycles. The van der Waals surface area contributed by atoms with Gasteiger partial charge in [0.15, 0.2) is 0 Å². The molecule has 0 bridgehead atoms. The quantitative estimate of drug-likeness (QED) is 0.509. The van der Waals surface area contributed by atoms with Crippen molar-refractivity contribution in [1.29, 1.82) is 5.26 Å². The van der Waals surface area contributed by atoms with E-state index in [9.17, 15) is 5.26 Å². The number of nitriles is 1. The zero-order chi connectivity index (χ0) is 21.8. The van der Waals surface area contributed by atoms with Crippen molar-refractivity contribution in [3.8, 4) is 11.8 Å². The van der Waals surface area contributed by atoms with Crippen LogP contribution in [0.2, 0.25) is 0 Å². The maximum absolute atomic E-state index is 10.8. The fourth-order valence-electron chi connectivity index (χ4n) is 6.76. The van der Waals surface area contributed by atoms with E-state index in [1.165, 1.54) is 33.4 Å². The molecular weight excluding hydrogens is 401 g/mol. The third kappa shape index (κ3) is 2.92. The fraction of sp³-hybridized carbons (Fsp3) is 0.444. The molecule has 31 heavy (non-hydrogen) atoms. The molecule has 4 heteroatoms. The van der Waals surface area contributed by atoms with Crippen LogP contribution >= 0.6 is 9.47 Å². The average Bonchev–Trinajstić information content (AvgIpc) is 3.14. The Labute approximate surface area is 189 Å². The summed E-state index contributed by atoms with van der Waals surface area (Å²) < 4.78 is 11.4. The summed E-state index contributed by atoms with van der Waals surface area (Å²) in [7, 11) is 4.21. The van der Waals surface area contributed by atoms with E-state index >= 15 is 0 Å². The van der Waals surface area contributed by atoms with Gasteiger partial charge in [0.2, 0.25) is 0 Å². The second-order valence-corrected chi connectivity index (χ2v) is 10.0. The molecule has 3 aliphatic carbocycles. The average molecular weight is 436 g/mol. The molecular formula is C27H32NO2P. The molecule has 0 aromatic heterocycles. The normalized spacial score (nSPS) is 31.5. The molecule has 2 aromatic rings. The topological polar surface area (TPSA) is 42.2 Å². The Kier molecular flexibility index (Phi) is 5.00.